The minimum atomic E-state index is -1.69. The number of carbonyl (C=O) groups is 12. The van der Waals surface area contributed by atoms with Crippen LogP contribution in [-0.2, 0) is 75.1 Å². The molecule has 0 unspecified atom stereocenters. The van der Waals surface area contributed by atoms with Crippen molar-refractivity contribution in [2.45, 2.75) is 193 Å². The van der Waals surface area contributed by atoms with E-state index in [1.807, 2.05) is 66.7 Å². The van der Waals surface area contributed by atoms with Crippen molar-refractivity contribution in [2.24, 2.45) is 55.9 Å². The van der Waals surface area contributed by atoms with E-state index >= 15 is 0 Å². The zero-order valence-electron chi connectivity index (χ0n) is 56.0. The summed E-state index contributed by atoms with van der Waals surface area (Å²) in [4.78, 5) is 180. The van der Waals surface area contributed by atoms with Crippen molar-refractivity contribution in [2.75, 3.05) is 26.2 Å². The Balaban J connectivity index is 1.59. The van der Waals surface area contributed by atoms with Crippen LogP contribution in [0.1, 0.15) is 137 Å². The van der Waals surface area contributed by atoms with Crippen LogP contribution in [-0.4, -0.2) is 168 Å². The van der Waals surface area contributed by atoms with Gasteiger partial charge >= 0.3 is 5.97 Å². The fourth-order valence-corrected chi connectivity index (χ4v) is 11.1. The molecule has 18 N–H and O–H groups in total. The zero-order chi connectivity index (χ0) is 70.8. The van der Waals surface area contributed by atoms with Crippen LogP contribution in [0.4, 0.5) is 0 Å². The summed E-state index contributed by atoms with van der Waals surface area (Å²) in [5, 5.41) is 23.4. The first-order chi connectivity index (χ1) is 45.4. The molecule has 524 valence electrons. The fourth-order valence-electron chi connectivity index (χ4n) is 11.1. The van der Waals surface area contributed by atoms with Crippen LogP contribution in [0.2, 0.25) is 0 Å². The number of ketones is 1. The van der Waals surface area contributed by atoms with Gasteiger partial charge in [0.25, 0.3) is 5.91 Å². The maximum Gasteiger partial charge on any atom is 0.328 e. The van der Waals surface area contributed by atoms with Gasteiger partial charge in [-0.3, -0.25) is 62.7 Å². The molecule has 2 saturated heterocycles. The number of guanidine groups is 2. The number of esters is 1. The van der Waals surface area contributed by atoms with Crippen LogP contribution in [0.3, 0.4) is 0 Å². The predicted molar refractivity (Wildman–Crippen MR) is 360 cm³/mol. The molecule has 2 fully saturated rings. The minimum Gasteiger partial charge on any atom is -0.463 e. The summed E-state index contributed by atoms with van der Waals surface area (Å²) in [5.74, 6) is -11.8. The number of hydrogen-bond acceptors (Lipinski definition) is 15. The second kappa shape index (κ2) is 37.4. The van der Waals surface area contributed by atoms with Gasteiger partial charge in [0.15, 0.2) is 11.9 Å². The quantitative estimate of drug-likeness (QED) is 0.0245. The standard InChI is InChI=1S/C67H98N16O13/c1-38(2)33-50-64(95)96-37-67(6,7)55(86)63(94)83-32-14-13-23-51(83)61(92)76-45(27-25-41-17-9-8-10-18-41)36-53(85)77-48(28-29-52(68)84)57(88)75-40(5)56(87)78-47(22-16-31-74-66(71)72)59(90)82-54(39(3)4)62(93)79-46(21-15-30-73-65(69)70)58(89)80-49(60(91)81-50)35-42-24-26-43-19-11-12-20-44(43)34-42/h8-12,17-20,24,26,34,38-40,45-51,54H,13-16,21-23,25,27-33,35-37H2,1-7H3,(H2,68,84)(H,75,88)(H,76,92)(H,77,85)(H,78,87)(H,79,93)(H,80,89)(H,81,91)(H,82,90)(H4,69,70,73)(H4,71,72,74)/t40-,45+,46-,47-,48-,49+,50-,51-,54+/m0/s1. The zero-order valence-corrected chi connectivity index (χ0v) is 56.0. The Kier molecular flexibility index (Phi) is 30.0. The second-order valence-corrected chi connectivity index (χ2v) is 26.0. The first kappa shape index (κ1) is 77.0. The van der Waals surface area contributed by atoms with Crippen molar-refractivity contribution in [1.29, 1.82) is 0 Å². The normalized spacial score (nSPS) is 23.7. The molecule has 96 heavy (non-hydrogen) atoms. The summed E-state index contributed by atoms with van der Waals surface area (Å²) in [5.41, 5.74) is 27.7. The molecule has 29 nitrogen and oxygen atoms in total. The van der Waals surface area contributed by atoms with Gasteiger partial charge in [-0.1, -0.05) is 100 Å². The Bertz CT molecular complexity index is 3300. The highest BCUT2D eigenvalue weighted by Crippen LogP contribution is 2.25. The molecule has 2 aliphatic rings. The van der Waals surface area contributed by atoms with E-state index < -0.39 is 150 Å². The molecule has 3 aromatic rings. The van der Waals surface area contributed by atoms with Crippen LogP contribution < -0.4 is 71.2 Å². The first-order valence-corrected chi connectivity index (χ1v) is 32.8. The van der Waals surface area contributed by atoms with Crippen LogP contribution in [0.25, 0.3) is 10.8 Å². The van der Waals surface area contributed by atoms with Gasteiger partial charge in [0.2, 0.25) is 58.9 Å². The molecule has 0 aromatic heterocycles. The van der Waals surface area contributed by atoms with Crippen LogP contribution in [0.5, 0.6) is 0 Å². The lowest BCUT2D eigenvalue weighted by atomic mass is 9.87. The summed E-state index contributed by atoms with van der Waals surface area (Å²) in [6.45, 7) is 10.4. The number of fused-ring (bicyclic) bond motifs is 2. The third-order valence-corrected chi connectivity index (χ3v) is 16.5. The van der Waals surface area contributed by atoms with E-state index in [1.165, 1.54) is 25.7 Å². The lowest BCUT2D eigenvalue weighted by molar-refractivity contribution is -0.159. The molecule has 10 amide bonds. The molecule has 2 heterocycles. The van der Waals surface area contributed by atoms with Crippen molar-refractivity contribution < 1.29 is 62.3 Å². The Labute approximate surface area is 559 Å². The lowest BCUT2D eigenvalue weighted by Crippen LogP contribution is -2.60. The fraction of sp³-hybridized carbons (Fsp3) is 0.552. The summed E-state index contributed by atoms with van der Waals surface area (Å²) in [6, 6.07) is 10.1. The van der Waals surface area contributed by atoms with Gasteiger partial charge in [-0.05, 0) is 125 Å². The Hall–Kier alpha value is -9.70. The van der Waals surface area contributed by atoms with E-state index in [-0.39, 0.29) is 102 Å². The van der Waals surface area contributed by atoms with Crippen LogP contribution in [0, 0.1) is 17.3 Å². The van der Waals surface area contributed by atoms with E-state index in [1.54, 1.807) is 33.8 Å². The summed E-state index contributed by atoms with van der Waals surface area (Å²) >= 11 is 0. The summed E-state index contributed by atoms with van der Waals surface area (Å²) < 4.78 is 5.81. The van der Waals surface area contributed by atoms with E-state index in [4.69, 9.17) is 33.4 Å². The largest absolute Gasteiger partial charge is 0.463 e. The van der Waals surface area contributed by atoms with Crippen molar-refractivity contribution >= 4 is 93.5 Å². The smallest absolute Gasteiger partial charge is 0.328 e. The topological polar surface area (TPSA) is 468 Å². The van der Waals surface area contributed by atoms with E-state index in [0.29, 0.717) is 24.8 Å². The molecule has 0 aliphatic carbocycles. The monoisotopic (exact) mass is 1330 g/mol. The molecule has 9 atom stereocenters. The molecule has 3 aromatic carbocycles. The second-order valence-electron chi connectivity index (χ2n) is 26.0. The number of nitrogens with one attached hydrogen (secondary N) is 8. The summed E-state index contributed by atoms with van der Waals surface area (Å²) in [7, 11) is 0. The molecule has 0 bridgehead atoms. The number of rotatable bonds is 19. The van der Waals surface area contributed by atoms with Crippen molar-refractivity contribution in [3.63, 3.8) is 0 Å². The number of aryl methyl sites for hydroxylation is 1. The number of nitrogens with zero attached hydrogens (tertiary/aromatic N) is 3. The van der Waals surface area contributed by atoms with Gasteiger partial charge in [-0.25, -0.2) is 4.79 Å². The molecule has 0 saturated carbocycles. The van der Waals surface area contributed by atoms with Gasteiger partial charge in [0, 0.05) is 44.9 Å². The third kappa shape index (κ3) is 24.9. The number of carbonyl (C=O) groups excluding carboxylic acids is 12. The number of Topliss-reactive ketones (excluding diaryl/α,β-unsaturated/α-hetero) is 1. The molecule has 0 spiro atoms. The number of amides is 10. The highest BCUT2D eigenvalue weighted by atomic mass is 16.5. The number of ether oxygens (including phenoxy) is 1. The maximum atomic E-state index is 14.9. The van der Waals surface area contributed by atoms with Gasteiger partial charge in [-0.2, -0.15) is 0 Å². The SMILES string of the molecule is CC(C)C[C@@H]1NC(=O)[C@@H](Cc2ccc3ccccc3c2)NC(=O)[C@H](CCCN=C(N)N)NC(=O)[C@@H](C(C)C)NC(=O)[C@H](CCCN=C(N)N)NC(=O)[C@H](C)NC(=O)[C@H](CCC(N)=O)NC(=O)C[C@@H](CCc2ccccc2)NC(=O)[C@@H]2CCCCN2C(=O)C(=O)C(C)(C)COC1=O. The highest BCUT2D eigenvalue weighted by molar-refractivity contribution is 6.38. The van der Waals surface area contributed by atoms with Gasteiger partial charge in [-0.15, -0.1) is 0 Å². The molecule has 29 heteroatoms. The van der Waals surface area contributed by atoms with E-state index in [0.717, 1.165) is 16.3 Å². The van der Waals surface area contributed by atoms with Gasteiger partial charge < -0.3 is 80.8 Å². The van der Waals surface area contributed by atoms with Crippen molar-refractivity contribution in [3.05, 3.63) is 83.9 Å². The first-order valence-electron chi connectivity index (χ1n) is 32.8. The Morgan fingerprint density at radius 3 is 1.77 bits per heavy atom. The van der Waals surface area contributed by atoms with Crippen LogP contribution in [0.15, 0.2) is 82.8 Å². The maximum absolute atomic E-state index is 14.9. The number of benzene rings is 3. The molecular weight excluding hydrogens is 1240 g/mol. The average molecular weight is 1340 g/mol. The minimum absolute atomic E-state index is 0.0109. The Morgan fingerprint density at radius 1 is 0.594 bits per heavy atom. The number of nitrogens with two attached hydrogens (primary N) is 5. The lowest BCUT2D eigenvalue weighted by Gasteiger charge is -2.36. The van der Waals surface area contributed by atoms with Gasteiger partial charge in [0.1, 0.15) is 54.9 Å². The molecule has 0 radical (unpaired) electrons. The average Bonchev–Trinajstić information content (AvgIpc) is 0.825. The third-order valence-electron chi connectivity index (χ3n) is 16.5. The van der Waals surface area contributed by atoms with Crippen LogP contribution >= 0.6 is 0 Å². The number of hydrogen-bond donors (Lipinski definition) is 13. The number of primary amides is 1. The van der Waals surface area contributed by atoms with Gasteiger partial charge in [0.05, 0.1) is 5.41 Å². The highest BCUT2D eigenvalue weighted by Gasteiger charge is 2.43. The number of cyclic esters (lactones) is 1. The molecule has 5 rings (SSSR count). The predicted octanol–water partition coefficient (Wildman–Crippen LogP) is -0.0885. The molecule has 2 aliphatic heterocycles. The number of piperidine rings is 1. The Morgan fingerprint density at radius 2 is 1.16 bits per heavy atom. The van der Waals surface area contributed by atoms with E-state index in [9.17, 15) is 57.5 Å². The van der Waals surface area contributed by atoms with Crippen molar-refractivity contribution in [3.8, 4) is 0 Å². The van der Waals surface area contributed by atoms with Crippen molar-refractivity contribution in [1.82, 2.24) is 47.4 Å². The van der Waals surface area contributed by atoms with E-state index in [2.05, 4.69) is 52.5 Å². The summed E-state index contributed by atoms with van der Waals surface area (Å²) in [6.07, 6.45) is 0.387. The molecular formula is C67H98N16O13. The number of aliphatic imine (C=N–C) groups is 2.